The van der Waals surface area contributed by atoms with E-state index >= 15 is 0 Å². The molecule has 0 spiro atoms. The third kappa shape index (κ3) is 3.49. The van der Waals surface area contributed by atoms with Crippen molar-refractivity contribution in [1.29, 1.82) is 0 Å². The van der Waals surface area contributed by atoms with Gasteiger partial charge in [0, 0.05) is 50.3 Å². The van der Waals surface area contributed by atoms with E-state index in [2.05, 4.69) is 15.2 Å². The van der Waals surface area contributed by atoms with Crippen molar-refractivity contribution < 1.29 is 5.11 Å². The molecule has 0 fully saturated rings. The van der Waals surface area contributed by atoms with Crippen LogP contribution in [0.2, 0.25) is 0 Å². The van der Waals surface area contributed by atoms with Crippen LogP contribution in [-0.2, 0) is 6.54 Å². The first-order valence-electron chi connectivity index (χ1n) is 5.09. The van der Waals surface area contributed by atoms with Gasteiger partial charge in [-0.05, 0) is 13.0 Å². The highest BCUT2D eigenvalue weighted by Gasteiger charge is 2.05. The van der Waals surface area contributed by atoms with Gasteiger partial charge in [-0.25, -0.2) is 0 Å². The minimum absolute atomic E-state index is 0.111. The smallest absolute Gasteiger partial charge is 0.0582 e. The van der Waals surface area contributed by atoms with Crippen LogP contribution in [0.15, 0.2) is 18.5 Å². The van der Waals surface area contributed by atoms with Crippen LogP contribution in [0.4, 0.5) is 5.69 Å². The molecule has 1 aromatic heterocycles. The predicted octanol–water partition coefficient (Wildman–Crippen LogP) is 0.618. The van der Waals surface area contributed by atoms with Gasteiger partial charge in [0.25, 0.3) is 0 Å². The number of aromatic nitrogens is 1. The molecule has 0 radical (unpaired) electrons. The standard InChI is InChI=1S/C11H19N3O/c1-9(8-15)13-7-10-6-12-5-4-11(10)14(2)3/h4-6,9,13,15H,7-8H2,1-3H3. The quantitative estimate of drug-likeness (QED) is 0.746. The molecule has 0 saturated carbocycles. The van der Waals surface area contributed by atoms with Crippen LogP contribution >= 0.6 is 0 Å². The monoisotopic (exact) mass is 209 g/mol. The van der Waals surface area contributed by atoms with Gasteiger partial charge in [-0.15, -0.1) is 0 Å². The summed E-state index contributed by atoms with van der Waals surface area (Å²) in [7, 11) is 4.02. The summed E-state index contributed by atoms with van der Waals surface area (Å²) in [6.45, 7) is 2.83. The fraction of sp³-hybridized carbons (Fsp3) is 0.545. The molecular weight excluding hydrogens is 190 g/mol. The van der Waals surface area contributed by atoms with E-state index in [0.29, 0.717) is 0 Å². The number of nitrogens with one attached hydrogen (secondary N) is 1. The highest BCUT2D eigenvalue weighted by Crippen LogP contribution is 2.16. The Kier molecular flexibility index (Phi) is 4.52. The number of pyridine rings is 1. The molecular formula is C11H19N3O. The number of hydrogen-bond donors (Lipinski definition) is 2. The molecule has 4 heteroatoms. The molecule has 1 atom stereocenters. The summed E-state index contributed by atoms with van der Waals surface area (Å²) >= 11 is 0. The molecule has 0 aliphatic carbocycles. The maximum atomic E-state index is 8.90. The second kappa shape index (κ2) is 5.68. The van der Waals surface area contributed by atoms with Gasteiger partial charge in [0.05, 0.1) is 6.61 Å². The van der Waals surface area contributed by atoms with E-state index in [1.807, 2.05) is 33.3 Å². The lowest BCUT2D eigenvalue weighted by Gasteiger charge is -2.18. The number of nitrogens with zero attached hydrogens (tertiary/aromatic N) is 2. The molecule has 1 rings (SSSR count). The minimum atomic E-state index is 0.111. The van der Waals surface area contributed by atoms with Crippen molar-refractivity contribution in [1.82, 2.24) is 10.3 Å². The Labute approximate surface area is 90.9 Å². The summed E-state index contributed by atoms with van der Waals surface area (Å²) in [6.07, 6.45) is 3.64. The normalized spacial score (nSPS) is 12.5. The van der Waals surface area contributed by atoms with Crippen LogP contribution in [0.1, 0.15) is 12.5 Å². The summed E-state index contributed by atoms with van der Waals surface area (Å²) in [5, 5.41) is 12.1. The number of hydrogen-bond acceptors (Lipinski definition) is 4. The van der Waals surface area contributed by atoms with Crippen LogP contribution in [0, 0.1) is 0 Å². The van der Waals surface area contributed by atoms with Gasteiger partial charge in [0.2, 0.25) is 0 Å². The van der Waals surface area contributed by atoms with Gasteiger partial charge in [0.1, 0.15) is 0 Å². The van der Waals surface area contributed by atoms with E-state index < -0.39 is 0 Å². The third-order valence-corrected chi connectivity index (χ3v) is 2.27. The zero-order chi connectivity index (χ0) is 11.3. The molecule has 15 heavy (non-hydrogen) atoms. The summed E-state index contributed by atoms with van der Waals surface area (Å²) < 4.78 is 0. The predicted molar refractivity (Wildman–Crippen MR) is 62.0 cm³/mol. The molecule has 2 N–H and O–H groups in total. The molecule has 1 aromatic rings. The summed E-state index contributed by atoms with van der Waals surface area (Å²) in [4.78, 5) is 6.16. The van der Waals surface area contributed by atoms with Gasteiger partial charge in [-0.3, -0.25) is 4.98 Å². The molecule has 0 bridgehead atoms. The second-order valence-corrected chi connectivity index (χ2v) is 3.86. The largest absolute Gasteiger partial charge is 0.395 e. The molecule has 0 saturated heterocycles. The molecule has 0 aliphatic rings. The van der Waals surface area contributed by atoms with E-state index in [9.17, 15) is 0 Å². The van der Waals surface area contributed by atoms with Crippen molar-refractivity contribution in [2.75, 3.05) is 25.6 Å². The lowest BCUT2D eigenvalue weighted by molar-refractivity contribution is 0.251. The molecule has 0 amide bonds. The van der Waals surface area contributed by atoms with Crippen LogP contribution in [-0.4, -0.2) is 36.8 Å². The average Bonchev–Trinajstić information content (AvgIpc) is 2.26. The minimum Gasteiger partial charge on any atom is -0.395 e. The highest BCUT2D eigenvalue weighted by atomic mass is 16.3. The Morgan fingerprint density at radius 1 is 1.53 bits per heavy atom. The van der Waals surface area contributed by atoms with Crippen molar-refractivity contribution in [2.45, 2.75) is 19.5 Å². The van der Waals surface area contributed by atoms with Crippen LogP contribution < -0.4 is 10.2 Å². The van der Waals surface area contributed by atoms with Gasteiger partial charge < -0.3 is 15.3 Å². The van der Waals surface area contributed by atoms with Crippen LogP contribution in [0.3, 0.4) is 0 Å². The first kappa shape index (κ1) is 11.9. The SMILES string of the molecule is CC(CO)NCc1cnccc1N(C)C. The molecule has 4 nitrogen and oxygen atoms in total. The van der Waals surface area contributed by atoms with E-state index in [1.54, 1.807) is 6.20 Å². The molecule has 0 aliphatic heterocycles. The Morgan fingerprint density at radius 3 is 2.87 bits per heavy atom. The Bertz CT molecular complexity index is 302. The first-order valence-corrected chi connectivity index (χ1v) is 5.09. The summed E-state index contributed by atoms with van der Waals surface area (Å²) in [5.41, 5.74) is 2.30. The van der Waals surface area contributed by atoms with Crippen molar-refractivity contribution in [2.24, 2.45) is 0 Å². The molecule has 84 valence electrons. The van der Waals surface area contributed by atoms with Crippen LogP contribution in [0.25, 0.3) is 0 Å². The number of aliphatic hydroxyl groups excluding tert-OH is 1. The second-order valence-electron chi connectivity index (χ2n) is 3.86. The Balaban J connectivity index is 2.67. The summed E-state index contributed by atoms with van der Waals surface area (Å²) in [5.74, 6) is 0. The lowest BCUT2D eigenvalue weighted by atomic mass is 10.2. The first-order chi connectivity index (χ1) is 7.15. The number of rotatable bonds is 5. The maximum absolute atomic E-state index is 8.90. The molecule has 0 aromatic carbocycles. The highest BCUT2D eigenvalue weighted by molar-refractivity contribution is 5.50. The zero-order valence-corrected chi connectivity index (χ0v) is 9.57. The lowest BCUT2D eigenvalue weighted by Crippen LogP contribution is -2.29. The Hall–Kier alpha value is -1.13. The van der Waals surface area contributed by atoms with Crippen molar-refractivity contribution in [3.8, 4) is 0 Å². The van der Waals surface area contributed by atoms with Gasteiger partial charge in [0.15, 0.2) is 0 Å². The van der Waals surface area contributed by atoms with Gasteiger partial charge in [-0.2, -0.15) is 0 Å². The van der Waals surface area contributed by atoms with Crippen molar-refractivity contribution in [3.05, 3.63) is 24.0 Å². The molecule has 1 unspecified atom stereocenters. The number of aliphatic hydroxyl groups is 1. The van der Waals surface area contributed by atoms with Crippen molar-refractivity contribution in [3.63, 3.8) is 0 Å². The zero-order valence-electron chi connectivity index (χ0n) is 9.57. The Morgan fingerprint density at radius 2 is 2.27 bits per heavy atom. The van der Waals surface area contributed by atoms with E-state index in [4.69, 9.17) is 5.11 Å². The van der Waals surface area contributed by atoms with E-state index in [-0.39, 0.29) is 12.6 Å². The van der Waals surface area contributed by atoms with Crippen molar-refractivity contribution >= 4 is 5.69 Å². The third-order valence-electron chi connectivity index (χ3n) is 2.27. The number of anilines is 1. The van der Waals surface area contributed by atoms with E-state index in [0.717, 1.165) is 17.8 Å². The maximum Gasteiger partial charge on any atom is 0.0582 e. The fourth-order valence-electron chi connectivity index (χ4n) is 1.34. The average molecular weight is 209 g/mol. The topological polar surface area (TPSA) is 48.4 Å². The van der Waals surface area contributed by atoms with E-state index in [1.165, 1.54) is 0 Å². The van der Waals surface area contributed by atoms with Gasteiger partial charge >= 0.3 is 0 Å². The molecule has 1 heterocycles. The summed E-state index contributed by atoms with van der Waals surface area (Å²) in [6, 6.07) is 2.10. The van der Waals surface area contributed by atoms with Crippen LogP contribution in [0.5, 0.6) is 0 Å². The van der Waals surface area contributed by atoms with Gasteiger partial charge in [-0.1, -0.05) is 0 Å². The fourth-order valence-corrected chi connectivity index (χ4v) is 1.34.